The minimum absolute atomic E-state index is 0.00737. The minimum Gasteiger partial charge on any atom is -0.444 e. The molecule has 3 rings (SSSR count). The van der Waals surface area contributed by atoms with E-state index in [9.17, 15) is 27.9 Å². The number of hydrogen-bond donors (Lipinski definition) is 2. The second-order valence-electron chi connectivity index (χ2n) is 9.97. The molecule has 0 aromatic carbocycles. The summed E-state index contributed by atoms with van der Waals surface area (Å²) in [5.41, 5.74) is -1.70. The number of pyridine rings is 1. The van der Waals surface area contributed by atoms with Gasteiger partial charge in [-0.25, -0.2) is 4.79 Å². The first-order chi connectivity index (χ1) is 15.2. The lowest BCUT2D eigenvalue weighted by Gasteiger charge is -2.39. The molecule has 3 atom stereocenters. The molecule has 2 aliphatic rings. The van der Waals surface area contributed by atoms with E-state index in [1.54, 1.807) is 27.7 Å². The van der Waals surface area contributed by atoms with Crippen molar-refractivity contribution < 1.29 is 32.6 Å². The Labute approximate surface area is 191 Å². The van der Waals surface area contributed by atoms with Crippen LogP contribution in [0.5, 0.6) is 0 Å². The van der Waals surface area contributed by atoms with Crippen LogP contribution in [0.2, 0.25) is 0 Å². The van der Waals surface area contributed by atoms with Crippen LogP contribution < -0.4 is 5.32 Å². The van der Waals surface area contributed by atoms with Crippen molar-refractivity contribution in [1.82, 2.24) is 15.2 Å². The van der Waals surface area contributed by atoms with Crippen molar-refractivity contribution in [3.05, 3.63) is 29.1 Å². The molecule has 1 aromatic rings. The van der Waals surface area contributed by atoms with Crippen molar-refractivity contribution in [2.45, 2.75) is 90.3 Å². The molecule has 2 heterocycles. The van der Waals surface area contributed by atoms with Gasteiger partial charge in [0.05, 0.1) is 17.1 Å². The molecular weight excluding hydrogens is 439 g/mol. The number of aliphatic hydroxyl groups excluding tert-OH is 1. The zero-order chi connectivity index (χ0) is 24.6. The number of alkyl carbamates (subject to hydrolysis) is 1. The lowest BCUT2D eigenvalue weighted by atomic mass is 9.77. The number of fused-ring (bicyclic) bond motifs is 1. The molecule has 1 aliphatic carbocycles. The molecule has 184 valence electrons. The van der Waals surface area contributed by atoms with Gasteiger partial charge in [0.25, 0.3) is 0 Å². The topological polar surface area (TPSA) is 91.8 Å². The Kier molecular flexibility index (Phi) is 6.98. The molecule has 33 heavy (non-hydrogen) atoms. The first-order valence-corrected chi connectivity index (χ1v) is 11.3. The van der Waals surface area contributed by atoms with Crippen molar-refractivity contribution in [2.75, 3.05) is 6.54 Å². The highest BCUT2D eigenvalue weighted by Crippen LogP contribution is 2.45. The molecule has 2 amide bonds. The number of alkyl halides is 3. The number of amides is 2. The Morgan fingerprint density at radius 3 is 2.67 bits per heavy atom. The quantitative estimate of drug-likeness (QED) is 0.697. The SMILES string of the molecule is CCC(O)C1(C(=O)N2CCc3ncc(C(F)(F)F)cc3C2)CCC(NC(=O)OC(C)(C)C)C1. The van der Waals surface area contributed by atoms with Gasteiger partial charge in [-0.05, 0) is 58.1 Å². The number of nitrogens with zero attached hydrogens (tertiary/aromatic N) is 2. The molecule has 10 heteroatoms. The maximum absolute atomic E-state index is 13.7. The molecule has 3 unspecified atom stereocenters. The van der Waals surface area contributed by atoms with Crippen molar-refractivity contribution in [1.29, 1.82) is 0 Å². The van der Waals surface area contributed by atoms with Gasteiger partial charge in [-0.1, -0.05) is 6.92 Å². The molecule has 1 saturated carbocycles. The predicted octanol–water partition coefficient (Wildman–Crippen LogP) is 3.82. The lowest BCUT2D eigenvalue weighted by Crippen LogP contribution is -2.51. The maximum Gasteiger partial charge on any atom is 0.417 e. The summed E-state index contributed by atoms with van der Waals surface area (Å²) in [4.78, 5) is 31.3. The molecular formula is C23H32F3N3O4. The average molecular weight is 472 g/mol. The van der Waals surface area contributed by atoms with E-state index >= 15 is 0 Å². The van der Waals surface area contributed by atoms with Crippen LogP contribution >= 0.6 is 0 Å². The number of aromatic nitrogens is 1. The van der Waals surface area contributed by atoms with E-state index in [0.29, 0.717) is 43.5 Å². The third-order valence-electron chi connectivity index (χ3n) is 6.38. The Morgan fingerprint density at radius 2 is 2.06 bits per heavy atom. The van der Waals surface area contributed by atoms with Gasteiger partial charge in [0.15, 0.2) is 0 Å². The second-order valence-corrected chi connectivity index (χ2v) is 9.97. The minimum atomic E-state index is -4.51. The van der Waals surface area contributed by atoms with E-state index in [1.807, 2.05) is 0 Å². The van der Waals surface area contributed by atoms with Crippen molar-refractivity contribution in [3.8, 4) is 0 Å². The fourth-order valence-electron chi connectivity index (χ4n) is 4.77. The highest BCUT2D eigenvalue weighted by molar-refractivity contribution is 5.84. The highest BCUT2D eigenvalue weighted by atomic mass is 19.4. The fraction of sp³-hybridized carbons (Fsp3) is 0.696. The number of carbonyl (C=O) groups is 2. The molecule has 7 nitrogen and oxygen atoms in total. The van der Waals surface area contributed by atoms with Crippen LogP contribution in [-0.4, -0.2) is 51.3 Å². The van der Waals surface area contributed by atoms with Crippen LogP contribution in [0.4, 0.5) is 18.0 Å². The van der Waals surface area contributed by atoms with Gasteiger partial charge in [0.1, 0.15) is 5.60 Å². The first-order valence-electron chi connectivity index (χ1n) is 11.3. The molecule has 0 saturated heterocycles. The van der Waals surface area contributed by atoms with Crippen LogP contribution in [0.3, 0.4) is 0 Å². The maximum atomic E-state index is 13.7. The number of hydrogen-bond acceptors (Lipinski definition) is 5. The number of ether oxygens (including phenoxy) is 1. The van der Waals surface area contributed by atoms with E-state index in [1.165, 1.54) is 4.90 Å². The summed E-state index contributed by atoms with van der Waals surface area (Å²) in [5.74, 6) is -0.298. The number of nitrogens with one attached hydrogen (secondary N) is 1. The summed E-state index contributed by atoms with van der Waals surface area (Å²) < 4.78 is 44.7. The lowest BCUT2D eigenvalue weighted by molar-refractivity contribution is -0.150. The van der Waals surface area contributed by atoms with Gasteiger partial charge in [-0.3, -0.25) is 9.78 Å². The van der Waals surface area contributed by atoms with E-state index < -0.39 is 35.0 Å². The van der Waals surface area contributed by atoms with Gasteiger partial charge < -0.3 is 20.1 Å². The zero-order valence-corrected chi connectivity index (χ0v) is 19.5. The second kappa shape index (κ2) is 9.12. The molecule has 2 N–H and O–H groups in total. The van der Waals surface area contributed by atoms with E-state index in [-0.39, 0.29) is 24.9 Å². The standard InChI is InChI=1S/C23H32F3N3O4/c1-5-18(30)22(8-6-16(11-22)28-20(32)33-21(2,3)4)19(31)29-9-7-17-14(13-29)10-15(12-27-17)23(24,25)26/h10,12,16,18,30H,5-9,11,13H2,1-4H3,(H,28,32). The normalized spacial score (nSPS) is 24.2. The van der Waals surface area contributed by atoms with Crippen molar-refractivity contribution >= 4 is 12.0 Å². The van der Waals surface area contributed by atoms with Gasteiger partial charge in [0, 0.05) is 37.4 Å². The van der Waals surface area contributed by atoms with Crippen molar-refractivity contribution in [2.24, 2.45) is 5.41 Å². The smallest absolute Gasteiger partial charge is 0.417 e. The van der Waals surface area contributed by atoms with Crippen LogP contribution in [-0.2, 0) is 28.7 Å². The number of halogens is 3. The Hall–Kier alpha value is -2.36. The number of carbonyl (C=O) groups excluding carboxylic acids is 2. The Bertz CT molecular complexity index is 900. The summed E-state index contributed by atoms with van der Waals surface area (Å²) in [7, 11) is 0. The number of rotatable bonds is 4. The summed E-state index contributed by atoms with van der Waals surface area (Å²) in [6.45, 7) is 7.36. The van der Waals surface area contributed by atoms with Crippen LogP contribution in [0.25, 0.3) is 0 Å². The monoisotopic (exact) mass is 471 g/mol. The van der Waals surface area contributed by atoms with Gasteiger partial charge in [0.2, 0.25) is 5.91 Å². The Balaban J connectivity index is 1.78. The summed E-state index contributed by atoms with van der Waals surface area (Å²) >= 11 is 0. The summed E-state index contributed by atoms with van der Waals surface area (Å²) in [6.07, 6.45) is -3.42. The Morgan fingerprint density at radius 1 is 1.36 bits per heavy atom. The van der Waals surface area contributed by atoms with E-state index in [2.05, 4.69) is 10.3 Å². The first kappa shape index (κ1) is 25.3. The highest BCUT2D eigenvalue weighted by Gasteiger charge is 2.52. The molecule has 1 aromatic heterocycles. The molecule has 0 bridgehead atoms. The van der Waals surface area contributed by atoms with E-state index in [0.717, 1.165) is 12.3 Å². The average Bonchev–Trinajstić information content (AvgIpc) is 3.14. The van der Waals surface area contributed by atoms with Crippen LogP contribution in [0, 0.1) is 5.41 Å². The van der Waals surface area contributed by atoms with Crippen LogP contribution in [0.15, 0.2) is 12.3 Å². The van der Waals surface area contributed by atoms with E-state index in [4.69, 9.17) is 4.74 Å². The van der Waals surface area contributed by atoms with Gasteiger partial charge in [-0.2, -0.15) is 13.2 Å². The fourth-order valence-corrected chi connectivity index (χ4v) is 4.77. The zero-order valence-electron chi connectivity index (χ0n) is 19.5. The molecule has 1 fully saturated rings. The molecule has 0 spiro atoms. The van der Waals surface area contributed by atoms with Gasteiger partial charge >= 0.3 is 12.3 Å². The largest absolute Gasteiger partial charge is 0.444 e. The summed E-state index contributed by atoms with van der Waals surface area (Å²) in [6, 6.07) is 0.701. The third-order valence-corrected chi connectivity index (χ3v) is 6.38. The van der Waals surface area contributed by atoms with Gasteiger partial charge in [-0.15, -0.1) is 0 Å². The molecule has 0 radical (unpaired) electrons. The number of aliphatic hydroxyl groups is 1. The molecule has 1 aliphatic heterocycles. The van der Waals surface area contributed by atoms with Crippen LogP contribution in [0.1, 0.15) is 70.2 Å². The third kappa shape index (κ3) is 5.59. The predicted molar refractivity (Wildman–Crippen MR) is 114 cm³/mol. The summed E-state index contributed by atoms with van der Waals surface area (Å²) in [5, 5.41) is 13.6. The van der Waals surface area contributed by atoms with Crippen molar-refractivity contribution in [3.63, 3.8) is 0 Å².